The van der Waals surface area contributed by atoms with Crippen LogP contribution in [0.1, 0.15) is 12.5 Å². The van der Waals surface area contributed by atoms with Gasteiger partial charge >= 0.3 is 6.09 Å². The summed E-state index contributed by atoms with van der Waals surface area (Å²) in [6, 6.07) is 12.0. The van der Waals surface area contributed by atoms with E-state index in [1.54, 1.807) is 44.4 Å². The highest BCUT2D eigenvalue weighted by atomic mass is 16.5. The Morgan fingerprint density at radius 2 is 2.12 bits per heavy atom. The smallest absolute Gasteiger partial charge is 0.417 e. The Hall–Kier alpha value is -3.11. The van der Waals surface area contributed by atoms with Crippen molar-refractivity contribution in [3.63, 3.8) is 0 Å². The van der Waals surface area contributed by atoms with Crippen molar-refractivity contribution in [1.82, 2.24) is 4.98 Å². The Bertz CT molecular complexity index is 743. The van der Waals surface area contributed by atoms with Crippen LogP contribution in [0.2, 0.25) is 0 Å². The van der Waals surface area contributed by atoms with Gasteiger partial charge in [-0.15, -0.1) is 0 Å². The van der Waals surface area contributed by atoms with E-state index < -0.39 is 6.09 Å². The first-order valence-corrected chi connectivity index (χ1v) is 7.20. The third-order valence-electron chi connectivity index (χ3n) is 3.14. The number of amides is 1. The summed E-state index contributed by atoms with van der Waals surface area (Å²) in [5.74, 6) is 0.404. The van der Waals surface area contributed by atoms with E-state index >= 15 is 0 Å². The number of ether oxygens (including phenoxy) is 2. The maximum absolute atomic E-state index is 11.7. The van der Waals surface area contributed by atoms with Crippen LogP contribution in [0.25, 0.3) is 0 Å². The van der Waals surface area contributed by atoms with Gasteiger partial charge in [-0.1, -0.05) is 18.2 Å². The summed E-state index contributed by atoms with van der Waals surface area (Å²) in [6.45, 7) is 2.13. The predicted molar refractivity (Wildman–Crippen MR) is 87.5 cm³/mol. The monoisotopic (exact) mass is 327 g/mol. The molecule has 0 radical (unpaired) electrons. The van der Waals surface area contributed by atoms with Gasteiger partial charge in [0.2, 0.25) is 0 Å². The van der Waals surface area contributed by atoms with Crippen LogP contribution in [-0.2, 0) is 4.74 Å². The number of anilines is 2. The number of aromatic nitrogens is 1. The molecular formula is C17H17N3O4. The Labute approximate surface area is 139 Å². The molecule has 1 atom stereocenters. The number of para-hydroxylation sites is 1. The van der Waals surface area contributed by atoms with Crippen LogP contribution in [0.15, 0.2) is 42.6 Å². The lowest BCUT2D eigenvalue weighted by molar-refractivity contribution is 0.0918. The quantitative estimate of drug-likeness (QED) is 0.875. The zero-order valence-electron chi connectivity index (χ0n) is 13.3. The van der Waals surface area contributed by atoms with E-state index in [1.807, 2.05) is 6.07 Å². The zero-order valence-corrected chi connectivity index (χ0v) is 13.3. The summed E-state index contributed by atoms with van der Waals surface area (Å²) in [7, 11) is 1.55. The number of hydrogen-bond donors (Lipinski definition) is 1. The van der Waals surface area contributed by atoms with Crippen LogP contribution >= 0.6 is 0 Å². The topological polar surface area (TPSA) is 95.7 Å². The summed E-state index contributed by atoms with van der Waals surface area (Å²) in [6.07, 6.45) is -0.190. The molecule has 0 aliphatic rings. The predicted octanol–water partition coefficient (Wildman–Crippen LogP) is 3.18. The number of hydrogen-bond acceptors (Lipinski definition) is 5. The van der Waals surface area contributed by atoms with Crippen LogP contribution in [0.4, 0.5) is 16.3 Å². The van der Waals surface area contributed by atoms with Gasteiger partial charge in [-0.2, -0.15) is 5.26 Å². The molecule has 0 fully saturated rings. The van der Waals surface area contributed by atoms with Gasteiger partial charge in [-0.25, -0.2) is 14.7 Å². The molecule has 1 aromatic carbocycles. The Kier molecular flexibility index (Phi) is 5.71. The molecule has 1 heterocycles. The van der Waals surface area contributed by atoms with Gasteiger partial charge in [-0.05, 0) is 19.1 Å². The second-order valence-electron chi connectivity index (χ2n) is 4.99. The fraction of sp³-hybridized carbons (Fsp3) is 0.235. The molecule has 1 aromatic heterocycles. The van der Waals surface area contributed by atoms with E-state index in [1.165, 1.54) is 12.3 Å². The second-order valence-corrected chi connectivity index (χ2v) is 4.99. The number of methoxy groups -OCH3 is 1. The van der Waals surface area contributed by atoms with E-state index in [9.17, 15) is 15.2 Å². The van der Waals surface area contributed by atoms with E-state index in [0.29, 0.717) is 12.3 Å². The standard InChI is InChI=1S/C17H17N3O4/c1-12(11-23-2)24-15-8-16(19-10-13(15)9-18)20(17(21)22)14-6-4-3-5-7-14/h3-8,10,12H,11H2,1-2H3,(H,21,22). The molecular weight excluding hydrogens is 310 g/mol. The summed E-state index contributed by atoms with van der Waals surface area (Å²) in [5.41, 5.74) is 0.665. The lowest BCUT2D eigenvalue weighted by Crippen LogP contribution is -2.25. The zero-order chi connectivity index (χ0) is 17.5. The third kappa shape index (κ3) is 4.00. The fourth-order valence-electron chi connectivity index (χ4n) is 2.13. The van der Waals surface area contributed by atoms with E-state index in [0.717, 1.165) is 4.90 Å². The average Bonchev–Trinajstić information content (AvgIpc) is 2.56. The highest BCUT2D eigenvalue weighted by molar-refractivity contribution is 5.93. The first-order chi connectivity index (χ1) is 11.6. The van der Waals surface area contributed by atoms with E-state index in [2.05, 4.69) is 4.98 Å². The number of benzene rings is 1. The minimum Gasteiger partial charge on any atom is -0.487 e. The van der Waals surface area contributed by atoms with Crippen molar-refractivity contribution in [2.45, 2.75) is 13.0 Å². The molecule has 124 valence electrons. The normalized spacial score (nSPS) is 11.4. The van der Waals surface area contributed by atoms with Crippen molar-refractivity contribution >= 4 is 17.6 Å². The molecule has 2 aromatic rings. The maximum atomic E-state index is 11.7. The number of nitrogens with zero attached hydrogens (tertiary/aromatic N) is 3. The van der Waals surface area contributed by atoms with Crippen molar-refractivity contribution in [3.8, 4) is 11.8 Å². The minimum atomic E-state index is -1.19. The molecule has 7 nitrogen and oxygen atoms in total. The summed E-state index contributed by atoms with van der Waals surface area (Å²) in [4.78, 5) is 16.7. The molecule has 1 unspecified atom stereocenters. The van der Waals surface area contributed by atoms with Gasteiger partial charge in [0.25, 0.3) is 0 Å². The lowest BCUT2D eigenvalue weighted by atomic mass is 10.2. The highest BCUT2D eigenvalue weighted by Gasteiger charge is 2.20. The van der Waals surface area contributed by atoms with Crippen LogP contribution in [0.5, 0.6) is 5.75 Å². The van der Waals surface area contributed by atoms with Gasteiger partial charge in [-0.3, -0.25) is 0 Å². The maximum Gasteiger partial charge on any atom is 0.417 e. The Morgan fingerprint density at radius 3 is 2.71 bits per heavy atom. The van der Waals surface area contributed by atoms with Gasteiger partial charge in [0, 0.05) is 13.2 Å². The molecule has 1 N–H and O–H groups in total. The molecule has 0 saturated heterocycles. The van der Waals surface area contributed by atoms with Crippen LogP contribution in [-0.4, -0.2) is 36.0 Å². The van der Waals surface area contributed by atoms with Crippen molar-refractivity contribution in [2.24, 2.45) is 0 Å². The molecule has 0 spiro atoms. The average molecular weight is 327 g/mol. The van der Waals surface area contributed by atoms with Gasteiger partial charge in [0.1, 0.15) is 29.3 Å². The molecule has 0 aliphatic heterocycles. The van der Waals surface area contributed by atoms with Crippen LogP contribution < -0.4 is 9.64 Å². The van der Waals surface area contributed by atoms with Gasteiger partial charge in [0.15, 0.2) is 0 Å². The largest absolute Gasteiger partial charge is 0.487 e. The first kappa shape index (κ1) is 17.2. The fourth-order valence-corrected chi connectivity index (χ4v) is 2.13. The summed E-state index contributed by atoms with van der Waals surface area (Å²) in [5, 5.41) is 18.7. The Balaban J connectivity index is 2.42. The van der Waals surface area contributed by atoms with Crippen molar-refractivity contribution < 1.29 is 19.4 Å². The molecule has 0 bridgehead atoms. The molecule has 1 amide bonds. The molecule has 2 rings (SSSR count). The van der Waals surface area contributed by atoms with E-state index in [4.69, 9.17) is 9.47 Å². The van der Waals surface area contributed by atoms with Gasteiger partial charge < -0.3 is 14.6 Å². The van der Waals surface area contributed by atoms with Crippen molar-refractivity contribution in [3.05, 3.63) is 48.2 Å². The lowest BCUT2D eigenvalue weighted by Gasteiger charge is -2.20. The second kappa shape index (κ2) is 7.94. The summed E-state index contributed by atoms with van der Waals surface area (Å²) < 4.78 is 10.7. The molecule has 24 heavy (non-hydrogen) atoms. The molecule has 0 saturated carbocycles. The number of rotatable bonds is 6. The number of carboxylic acid groups (broad SMARTS) is 1. The first-order valence-electron chi connectivity index (χ1n) is 7.20. The Morgan fingerprint density at radius 1 is 1.42 bits per heavy atom. The van der Waals surface area contributed by atoms with Crippen molar-refractivity contribution in [1.29, 1.82) is 5.26 Å². The summed E-state index contributed by atoms with van der Waals surface area (Å²) >= 11 is 0. The minimum absolute atomic E-state index is 0.146. The van der Waals surface area contributed by atoms with Crippen molar-refractivity contribution in [2.75, 3.05) is 18.6 Å². The van der Waals surface area contributed by atoms with E-state index in [-0.39, 0.29) is 23.2 Å². The number of carbonyl (C=O) groups is 1. The molecule has 0 aliphatic carbocycles. The molecule has 7 heteroatoms. The number of pyridine rings is 1. The number of nitriles is 1. The highest BCUT2D eigenvalue weighted by Crippen LogP contribution is 2.29. The van der Waals surface area contributed by atoms with Gasteiger partial charge in [0.05, 0.1) is 18.5 Å². The third-order valence-corrected chi connectivity index (χ3v) is 3.14. The van der Waals surface area contributed by atoms with Crippen LogP contribution in [0, 0.1) is 11.3 Å². The van der Waals surface area contributed by atoms with Crippen LogP contribution in [0.3, 0.4) is 0 Å². The SMILES string of the molecule is COCC(C)Oc1cc(N(C(=O)O)c2ccccc2)ncc1C#N.